The summed E-state index contributed by atoms with van der Waals surface area (Å²) in [4.78, 5) is 50.7. The third-order valence-corrected chi connectivity index (χ3v) is 5.04. The lowest BCUT2D eigenvalue weighted by Crippen LogP contribution is -2.42. The van der Waals surface area contributed by atoms with Crippen LogP contribution >= 0.6 is 0 Å². The Morgan fingerprint density at radius 3 is 2.57 bits per heavy atom. The highest BCUT2D eigenvalue weighted by atomic mass is 16.5. The molecular formula is C21H26N4O5. The van der Waals surface area contributed by atoms with Crippen molar-refractivity contribution >= 4 is 28.7 Å². The van der Waals surface area contributed by atoms with E-state index in [1.165, 1.54) is 11.6 Å². The number of unbranched alkanes of at least 4 members (excludes halogenated alkanes) is 3. The summed E-state index contributed by atoms with van der Waals surface area (Å²) in [5, 5.41) is 7.52. The lowest BCUT2D eigenvalue weighted by Gasteiger charge is -2.18. The predicted octanol–water partition coefficient (Wildman–Crippen LogP) is 2.07. The first-order chi connectivity index (χ1) is 14.4. The van der Waals surface area contributed by atoms with Crippen LogP contribution in [0, 0.1) is 0 Å². The molecule has 3 rings (SSSR count). The van der Waals surface area contributed by atoms with Crippen molar-refractivity contribution in [2.24, 2.45) is 0 Å². The summed E-state index contributed by atoms with van der Waals surface area (Å²) >= 11 is 0. The Labute approximate surface area is 174 Å². The number of esters is 1. The molecular weight excluding hydrogens is 388 g/mol. The fraction of sp³-hybridized carbons (Fsp3) is 0.476. The van der Waals surface area contributed by atoms with E-state index in [0.29, 0.717) is 23.9 Å². The second-order valence-corrected chi connectivity index (χ2v) is 7.25. The van der Waals surface area contributed by atoms with Gasteiger partial charge in [0.2, 0.25) is 0 Å². The number of hydrogen-bond donors (Lipinski definition) is 1. The Morgan fingerprint density at radius 1 is 1.17 bits per heavy atom. The summed E-state index contributed by atoms with van der Waals surface area (Å²) in [7, 11) is 0. The smallest absolute Gasteiger partial charge is 0.360 e. The van der Waals surface area contributed by atoms with E-state index in [2.05, 4.69) is 17.3 Å². The Hall–Kier alpha value is -3.23. The number of carbonyl (C=O) groups is 3. The first-order valence-corrected chi connectivity index (χ1v) is 10.2. The average molecular weight is 414 g/mol. The van der Waals surface area contributed by atoms with E-state index in [1.54, 1.807) is 24.3 Å². The van der Waals surface area contributed by atoms with Crippen molar-refractivity contribution in [1.82, 2.24) is 20.0 Å². The Balaban J connectivity index is 1.85. The Morgan fingerprint density at radius 2 is 1.90 bits per heavy atom. The molecule has 1 N–H and O–H groups in total. The number of benzene rings is 1. The van der Waals surface area contributed by atoms with Crippen LogP contribution in [0.2, 0.25) is 0 Å². The van der Waals surface area contributed by atoms with Gasteiger partial charge in [-0.3, -0.25) is 14.5 Å². The first kappa shape index (κ1) is 21.5. The highest BCUT2D eigenvalue weighted by molar-refractivity contribution is 6.04. The van der Waals surface area contributed by atoms with E-state index in [1.807, 2.05) is 0 Å². The van der Waals surface area contributed by atoms with Gasteiger partial charge in [-0.15, -0.1) is 0 Å². The van der Waals surface area contributed by atoms with E-state index in [9.17, 15) is 19.2 Å². The van der Waals surface area contributed by atoms with Crippen molar-refractivity contribution in [2.75, 3.05) is 13.1 Å². The second-order valence-electron chi connectivity index (χ2n) is 7.25. The van der Waals surface area contributed by atoms with Gasteiger partial charge >= 0.3 is 12.0 Å². The van der Waals surface area contributed by atoms with Gasteiger partial charge in [0.15, 0.2) is 11.8 Å². The molecule has 1 aliphatic rings. The maximum atomic E-state index is 12.8. The molecule has 9 heteroatoms. The number of nitrogens with one attached hydrogen (secondary N) is 1. The fourth-order valence-electron chi connectivity index (χ4n) is 3.39. The number of fused-ring (bicyclic) bond motifs is 1. The third kappa shape index (κ3) is 4.50. The molecule has 9 nitrogen and oxygen atoms in total. The van der Waals surface area contributed by atoms with Gasteiger partial charge in [-0.1, -0.05) is 44.4 Å². The molecule has 1 aromatic heterocycles. The minimum Gasteiger partial charge on any atom is -0.448 e. The van der Waals surface area contributed by atoms with Crippen LogP contribution in [0.4, 0.5) is 4.79 Å². The molecule has 2 aromatic rings. The van der Waals surface area contributed by atoms with Gasteiger partial charge in [0.05, 0.1) is 5.39 Å². The van der Waals surface area contributed by atoms with Gasteiger partial charge in [-0.05, 0) is 19.4 Å². The Kier molecular flexibility index (Phi) is 6.81. The molecule has 3 amide bonds. The standard InChI is InChI=1S/C21H26N4O5/c1-3-4-5-8-12-25-19(27)16-10-7-6-9-15(16)17(23-25)20(28)30-14(2)18(26)24-13-11-22-21(24)29/h6-7,9-10,14H,3-5,8,11-13H2,1-2H3,(H,22,29)/t14-/m1/s1. The maximum Gasteiger partial charge on any atom is 0.360 e. The number of amides is 3. The van der Waals surface area contributed by atoms with E-state index in [0.717, 1.165) is 30.6 Å². The molecule has 1 aliphatic heterocycles. The minimum absolute atomic E-state index is 0.0220. The molecule has 0 aliphatic carbocycles. The van der Waals surface area contributed by atoms with Gasteiger partial charge in [0.25, 0.3) is 11.5 Å². The summed E-state index contributed by atoms with van der Waals surface area (Å²) in [6.45, 7) is 4.49. The maximum absolute atomic E-state index is 12.8. The molecule has 1 aromatic carbocycles. The normalized spacial score (nSPS) is 14.6. The van der Waals surface area contributed by atoms with Crippen molar-refractivity contribution in [3.05, 3.63) is 40.3 Å². The van der Waals surface area contributed by atoms with Crippen LogP contribution in [0.3, 0.4) is 0 Å². The van der Waals surface area contributed by atoms with Crippen LogP contribution in [0.1, 0.15) is 50.0 Å². The van der Waals surface area contributed by atoms with Crippen molar-refractivity contribution < 1.29 is 19.1 Å². The zero-order valence-electron chi connectivity index (χ0n) is 17.2. The molecule has 2 heterocycles. The lowest BCUT2D eigenvalue weighted by atomic mass is 10.1. The number of imide groups is 1. The van der Waals surface area contributed by atoms with E-state index >= 15 is 0 Å². The molecule has 0 spiro atoms. The van der Waals surface area contributed by atoms with Crippen molar-refractivity contribution in [3.8, 4) is 0 Å². The van der Waals surface area contributed by atoms with E-state index in [-0.39, 0.29) is 17.8 Å². The number of carbonyl (C=O) groups excluding carboxylic acids is 3. The molecule has 0 radical (unpaired) electrons. The highest BCUT2D eigenvalue weighted by Crippen LogP contribution is 2.16. The van der Waals surface area contributed by atoms with Crippen LogP contribution in [0.15, 0.2) is 29.1 Å². The monoisotopic (exact) mass is 414 g/mol. The number of urea groups is 1. The number of nitrogens with zero attached hydrogens (tertiary/aromatic N) is 3. The van der Waals surface area contributed by atoms with Crippen LogP contribution in [0.25, 0.3) is 10.8 Å². The summed E-state index contributed by atoms with van der Waals surface area (Å²) in [5.74, 6) is -1.41. The van der Waals surface area contributed by atoms with Gasteiger partial charge < -0.3 is 10.1 Å². The number of ether oxygens (including phenoxy) is 1. The van der Waals surface area contributed by atoms with Gasteiger partial charge in [0.1, 0.15) is 0 Å². The fourth-order valence-corrected chi connectivity index (χ4v) is 3.39. The number of aryl methyl sites for hydroxylation is 1. The molecule has 1 fully saturated rings. The molecule has 30 heavy (non-hydrogen) atoms. The molecule has 1 saturated heterocycles. The van der Waals surface area contributed by atoms with Crippen LogP contribution in [0.5, 0.6) is 0 Å². The summed E-state index contributed by atoms with van der Waals surface area (Å²) in [6.07, 6.45) is 2.69. The summed E-state index contributed by atoms with van der Waals surface area (Å²) < 4.78 is 6.60. The SMILES string of the molecule is CCCCCCn1nc(C(=O)O[C@H](C)C(=O)N2CCNC2=O)c2ccccc2c1=O. The summed E-state index contributed by atoms with van der Waals surface area (Å²) in [6, 6.07) is 6.18. The molecule has 0 unspecified atom stereocenters. The van der Waals surface area contributed by atoms with Crippen molar-refractivity contribution in [3.63, 3.8) is 0 Å². The topological polar surface area (TPSA) is 111 Å². The molecule has 0 bridgehead atoms. The van der Waals surface area contributed by atoms with Crippen LogP contribution in [-0.4, -0.2) is 51.8 Å². The second kappa shape index (κ2) is 9.51. The summed E-state index contributed by atoms with van der Waals surface area (Å²) in [5.41, 5.74) is -0.289. The zero-order valence-corrected chi connectivity index (χ0v) is 17.2. The van der Waals surface area contributed by atoms with Crippen molar-refractivity contribution in [2.45, 2.75) is 52.2 Å². The zero-order chi connectivity index (χ0) is 21.7. The molecule has 1 atom stereocenters. The lowest BCUT2D eigenvalue weighted by molar-refractivity contribution is -0.136. The molecule has 0 saturated carbocycles. The number of rotatable bonds is 8. The number of aromatic nitrogens is 2. The van der Waals surface area contributed by atoms with Gasteiger partial charge in [-0.2, -0.15) is 5.10 Å². The molecule has 160 valence electrons. The number of hydrogen-bond acceptors (Lipinski definition) is 6. The first-order valence-electron chi connectivity index (χ1n) is 10.2. The van der Waals surface area contributed by atoms with Crippen LogP contribution in [-0.2, 0) is 16.1 Å². The third-order valence-electron chi connectivity index (χ3n) is 5.04. The average Bonchev–Trinajstić information content (AvgIpc) is 3.17. The van der Waals surface area contributed by atoms with Gasteiger partial charge in [-0.25, -0.2) is 14.3 Å². The minimum atomic E-state index is -1.16. The highest BCUT2D eigenvalue weighted by Gasteiger charge is 2.32. The Bertz CT molecular complexity index is 1020. The van der Waals surface area contributed by atoms with Crippen molar-refractivity contribution in [1.29, 1.82) is 0 Å². The van der Waals surface area contributed by atoms with E-state index in [4.69, 9.17) is 4.74 Å². The predicted molar refractivity (Wildman–Crippen MR) is 110 cm³/mol. The van der Waals surface area contributed by atoms with Gasteiger partial charge in [0, 0.05) is 25.0 Å². The largest absolute Gasteiger partial charge is 0.448 e. The van der Waals surface area contributed by atoms with Crippen LogP contribution < -0.4 is 10.9 Å². The van der Waals surface area contributed by atoms with E-state index < -0.39 is 24.0 Å². The quantitative estimate of drug-likeness (QED) is 0.523.